The van der Waals surface area contributed by atoms with Gasteiger partial charge in [-0.25, -0.2) is 9.69 Å². The Morgan fingerprint density at radius 1 is 1.33 bits per heavy atom. The number of rotatable bonds is 2. The van der Waals surface area contributed by atoms with Gasteiger partial charge in [0.2, 0.25) is 0 Å². The molecule has 3 N–H and O–H groups in total. The molecule has 0 bridgehead atoms. The molecule has 3 unspecified atom stereocenters. The molecular formula is C13H20F3N3O2. The molecule has 1 saturated heterocycles. The smallest absolute Gasteiger partial charge is 0.328 e. The zero-order valence-corrected chi connectivity index (χ0v) is 12.0. The molecule has 1 heterocycles. The van der Waals surface area contributed by atoms with Gasteiger partial charge in [-0.3, -0.25) is 4.79 Å². The highest BCUT2D eigenvalue weighted by Gasteiger charge is 2.62. The second kappa shape index (κ2) is 5.15. The predicted molar refractivity (Wildman–Crippen MR) is 69.2 cm³/mol. The second-order valence-corrected chi connectivity index (χ2v) is 6.00. The van der Waals surface area contributed by atoms with Crippen LogP contribution in [-0.2, 0) is 4.79 Å². The van der Waals surface area contributed by atoms with E-state index >= 15 is 0 Å². The third-order valence-electron chi connectivity index (χ3n) is 4.85. The minimum Gasteiger partial charge on any atom is -0.328 e. The van der Waals surface area contributed by atoms with Crippen LogP contribution in [0.3, 0.4) is 0 Å². The summed E-state index contributed by atoms with van der Waals surface area (Å²) in [6, 6.07) is -3.26. The highest BCUT2D eigenvalue weighted by molar-refractivity contribution is 6.08. The maximum absolute atomic E-state index is 13.0. The van der Waals surface area contributed by atoms with Crippen LogP contribution in [0.5, 0.6) is 0 Å². The number of alkyl halides is 3. The minimum atomic E-state index is -4.73. The van der Waals surface area contributed by atoms with Crippen LogP contribution in [0.2, 0.25) is 0 Å². The Labute approximate surface area is 121 Å². The number of imide groups is 1. The zero-order chi connectivity index (χ0) is 16.0. The number of nitrogens with zero attached hydrogens (tertiary/aromatic N) is 1. The lowest BCUT2D eigenvalue weighted by Crippen LogP contribution is -2.60. The molecule has 0 aromatic carbocycles. The van der Waals surface area contributed by atoms with E-state index in [1.54, 1.807) is 13.8 Å². The SMILES string of the molecule is CC1CCCC(C)C12NC(=O)N(C(CN)C(F)(F)F)C2=O. The van der Waals surface area contributed by atoms with Crippen LogP contribution in [0.15, 0.2) is 0 Å². The van der Waals surface area contributed by atoms with Gasteiger partial charge in [0.05, 0.1) is 0 Å². The molecule has 3 atom stereocenters. The Morgan fingerprint density at radius 2 is 1.86 bits per heavy atom. The summed E-state index contributed by atoms with van der Waals surface area (Å²) in [6.07, 6.45) is -2.44. The van der Waals surface area contributed by atoms with Crippen molar-refractivity contribution in [1.82, 2.24) is 10.2 Å². The van der Waals surface area contributed by atoms with Crippen molar-refractivity contribution in [3.05, 3.63) is 0 Å². The molecule has 0 radical (unpaired) electrons. The van der Waals surface area contributed by atoms with E-state index in [0.29, 0.717) is 12.8 Å². The number of halogens is 3. The number of hydrogen-bond donors (Lipinski definition) is 2. The van der Waals surface area contributed by atoms with Crippen molar-refractivity contribution in [3.63, 3.8) is 0 Å². The van der Waals surface area contributed by atoms with Gasteiger partial charge in [0, 0.05) is 6.54 Å². The number of carbonyl (C=O) groups excluding carboxylic acids is 2. The molecule has 21 heavy (non-hydrogen) atoms. The van der Waals surface area contributed by atoms with Crippen LogP contribution in [0.1, 0.15) is 33.1 Å². The quantitative estimate of drug-likeness (QED) is 0.761. The molecule has 2 aliphatic rings. The molecule has 1 saturated carbocycles. The Hall–Kier alpha value is -1.31. The van der Waals surface area contributed by atoms with Crippen LogP contribution in [0.4, 0.5) is 18.0 Å². The molecule has 8 heteroatoms. The first kappa shape index (κ1) is 16.1. The van der Waals surface area contributed by atoms with Crippen molar-refractivity contribution >= 4 is 11.9 Å². The van der Waals surface area contributed by atoms with E-state index in [0.717, 1.165) is 6.42 Å². The topological polar surface area (TPSA) is 75.4 Å². The Bertz CT molecular complexity index is 442. The molecule has 1 spiro atoms. The highest BCUT2D eigenvalue weighted by atomic mass is 19.4. The molecule has 0 aromatic rings. The Morgan fingerprint density at radius 3 is 2.29 bits per heavy atom. The summed E-state index contributed by atoms with van der Waals surface area (Å²) in [6.45, 7) is 2.76. The number of hydrogen-bond acceptors (Lipinski definition) is 3. The van der Waals surface area contributed by atoms with Crippen LogP contribution in [0, 0.1) is 11.8 Å². The average Bonchev–Trinajstić information content (AvgIpc) is 2.61. The van der Waals surface area contributed by atoms with Crippen LogP contribution < -0.4 is 11.1 Å². The van der Waals surface area contributed by atoms with Crippen LogP contribution in [-0.4, -0.2) is 41.1 Å². The average molecular weight is 307 g/mol. The summed E-state index contributed by atoms with van der Waals surface area (Å²) in [5.74, 6) is -1.19. The Balaban J connectivity index is 2.40. The van der Waals surface area contributed by atoms with Crippen molar-refractivity contribution < 1.29 is 22.8 Å². The number of amides is 3. The first-order chi connectivity index (χ1) is 9.66. The van der Waals surface area contributed by atoms with E-state index in [9.17, 15) is 22.8 Å². The van der Waals surface area contributed by atoms with Gasteiger partial charge in [0.1, 0.15) is 11.6 Å². The molecular weight excluding hydrogens is 287 g/mol. The molecule has 2 fully saturated rings. The summed E-state index contributed by atoms with van der Waals surface area (Å²) < 4.78 is 39.0. The first-order valence-electron chi connectivity index (χ1n) is 7.08. The predicted octanol–water partition coefficient (Wildman–Crippen LogP) is 1.62. The van der Waals surface area contributed by atoms with Gasteiger partial charge >= 0.3 is 12.2 Å². The lowest BCUT2D eigenvalue weighted by molar-refractivity contribution is -0.180. The number of nitrogens with one attached hydrogen (secondary N) is 1. The Kier molecular flexibility index (Phi) is 3.94. The molecule has 3 amide bonds. The van der Waals surface area contributed by atoms with Gasteiger partial charge in [-0.05, 0) is 24.7 Å². The van der Waals surface area contributed by atoms with E-state index in [1.165, 1.54) is 0 Å². The van der Waals surface area contributed by atoms with Crippen molar-refractivity contribution in [2.45, 2.75) is 50.9 Å². The molecule has 1 aliphatic heterocycles. The fourth-order valence-corrected chi connectivity index (χ4v) is 3.59. The van der Waals surface area contributed by atoms with E-state index in [1.807, 2.05) is 0 Å². The maximum Gasteiger partial charge on any atom is 0.410 e. The molecule has 2 rings (SSSR count). The van der Waals surface area contributed by atoms with Crippen LogP contribution >= 0.6 is 0 Å². The molecule has 5 nitrogen and oxygen atoms in total. The van der Waals surface area contributed by atoms with Gasteiger partial charge in [-0.15, -0.1) is 0 Å². The third-order valence-corrected chi connectivity index (χ3v) is 4.85. The van der Waals surface area contributed by atoms with Gasteiger partial charge in [-0.2, -0.15) is 13.2 Å². The third kappa shape index (κ3) is 2.29. The van der Waals surface area contributed by atoms with E-state index in [4.69, 9.17) is 5.73 Å². The standard InChI is InChI=1S/C13H20F3N3O2/c1-7-4-3-5-8(2)12(7)10(20)19(11(21)18-12)9(6-17)13(14,15)16/h7-9H,3-6,17H2,1-2H3,(H,18,21). The van der Waals surface area contributed by atoms with E-state index in [2.05, 4.69) is 5.32 Å². The van der Waals surface area contributed by atoms with Crippen molar-refractivity contribution in [3.8, 4) is 0 Å². The largest absolute Gasteiger partial charge is 0.410 e. The number of urea groups is 1. The van der Waals surface area contributed by atoms with E-state index in [-0.39, 0.29) is 16.7 Å². The number of nitrogens with two attached hydrogens (primary N) is 1. The fourth-order valence-electron chi connectivity index (χ4n) is 3.59. The van der Waals surface area contributed by atoms with Gasteiger partial charge < -0.3 is 11.1 Å². The van der Waals surface area contributed by atoms with E-state index < -0.39 is 36.2 Å². The minimum absolute atomic E-state index is 0.200. The molecule has 0 aromatic heterocycles. The van der Waals surface area contributed by atoms with Crippen molar-refractivity contribution in [2.75, 3.05) is 6.54 Å². The fraction of sp³-hybridized carbons (Fsp3) is 0.846. The molecule has 1 aliphatic carbocycles. The summed E-state index contributed by atoms with van der Waals surface area (Å²) >= 11 is 0. The normalized spacial score (nSPS) is 35.2. The van der Waals surface area contributed by atoms with Crippen molar-refractivity contribution in [2.24, 2.45) is 17.6 Å². The summed E-state index contributed by atoms with van der Waals surface area (Å²) in [5, 5.41) is 2.54. The summed E-state index contributed by atoms with van der Waals surface area (Å²) in [4.78, 5) is 25.0. The summed E-state index contributed by atoms with van der Waals surface area (Å²) in [5.41, 5.74) is 3.93. The van der Waals surface area contributed by atoms with Crippen LogP contribution in [0.25, 0.3) is 0 Å². The van der Waals surface area contributed by atoms with Crippen molar-refractivity contribution in [1.29, 1.82) is 0 Å². The maximum atomic E-state index is 13.0. The lowest BCUT2D eigenvalue weighted by Gasteiger charge is -2.42. The zero-order valence-electron chi connectivity index (χ0n) is 12.0. The lowest BCUT2D eigenvalue weighted by atomic mass is 9.67. The highest BCUT2D eigenvalue weighted by Crippen LogP contribution is 2.43. The molecule has 120 valence electrons. The van der Waals surface area contributed by atoms with Gasteiger partial charge in [0.15, 0.2) is 0 Å². The first-order valence-corrected chi connectivity index (χ1v) is 7.08. The summed E-state index contributed by atoms with van der Waals surface area (Å²) in [7, 11) is 0. The number of carbonyl (C=O) groups is 2. The van der Waals surface area contributed by atoms with Gasteiger partial charge in [0.25, 0.3) is 5.91 Å². The monoisotopic (exact) mass is 307 g/mol. The second-order valence-electron chi connectivity index (χ2n) is 6.00. The van der Waals surface area contributed by atoms with Gasteiger partial charge in [-0.1, -0.05) is 20.3 Å².